The third-order valence-corrected chi connectivity index (χ3v) is 4.22. The van der Waals surface area contributed by atoms with Crippen molar-refractivity contribution < 1.29 is 13.2 Å². The third-order valence-electron chi connectivity index (χ3n) is 2.80. The fourth-order valence-corrected chi connectivity index (χ4v) is 2.52. The molecule has 0 atom stereocenters. The fourth-order valence-electron chi connectivity index (χ4n) is 1.58. The fraction of sp³-hybridized carbons (Fsp3) is 0.400. The Labute approximate surface area is 126 Å². The van der Waals surface area contributed by atoms with E-state index < -0.39 is 10.0 Å². The molecule has 2 N–H and O–H groups in total. The molecule has 0 aromatic heterocycles. The van der Waals surface area contributed by atoms with Gasteiger partial charge in [-0.1, -0.05) is 19.8 Å². The van der Waals surface area contributed by atoms with Crippen LogP contribution in [0.4, 0.5) is 0 Å². The molecule has 1 aromatic carbocycles. The van der Waals surface area contributed by atoms with Crippen LogP contribution in [-0.2, 0) is 10.0 Å². The first kappa shape index (κ1) is 17.2. The Hall–Kier alpha value is -1.84. The zero-order chi connectivity index (χ0) is 15.9. The summed E-state index contributed by atoms with van der Waals surface area (Å²) in [6.07, 6.45) is 5.91. The Kier molecular flexibility index (Phi) is 6.40. The molecule has 0 fully saturated rings. The van der Waals surface area contributed by atoms with E-state index in [9.17, 15) is 13.2 Å². The molecule has 0 saturated carbocycles. The number of hydrogen-bond acceptors (Lipinski definition) is 3. The minimum absolute atomic E-state index is 0.0697. The first-order chi connectivity index (χ1) is 9.86. The minimum Gasteiger partial charge on any atom is -0.352 e. The van der Waals surface area contributed by atoms with Crippen molar-refractivity contribution in [1.29, 1.82) is 0 Å². The Morgan fingerprint density at radius 1 is 1.29 bits per heavy atom. The maximum atomic E-state index is 11.9. The quantitative estimate of drug-likeness (QED) is 0.747. The van der Waals surface area contributed by atoms with Crippen LogP contribution >= 0.6 is 0 Å². The number of carbonyl (C=O) groups is 1. The van der Waals surface area contributed by atoms with Crippen molar-refractivity contribution in [2.45, 2.75) is 25.2 Å². The second-order valence-corrected chi connectivity index (χ2v) is 6.76. The van der Waals surface area contributed by atoms with E-state index in [0.717, 1.165) is 6.42 Å². The van der Waals surface area contributed by atoms with Crippen LogP contribution in [0.25, 0.3) is 0 Å². The highest BCUT2D eigenvalue weighted by atomic mass is 32.2. The van der Waals surface area contributed by atoms with Gasteiger partial charge >= 0.3 is 0 Å². The minimum atomic E-state index is -3.62. The number of hydrogen-bond donors (Lipinski definition) is 2. The smallest absolute Gasteiger partial charge is 0.251 e. The summed E-state index contributed by atoms with van der Waals surface area (Å²) in [5, 5.41) is 2.79. The molecule has 21 heavy (non-hydrogen) atoms. The SMILES string of the molecule is C#CCNS(=O)(=O)c1ccc(C(=O)NCCC(C)C)cc1. The van der Waals surface area contributed by atoms with Gasteiger partial charge < -0.3 is 5.32 Å². The molecule has 6 heteroatoms. The van der Waals surface area contributed by atoms with E-state index in [2.05, 4.69) is 29.8 Å². The molecule has 0 heterocycles. The molecule has 0 aliphatic carbocycles. The van der Waals surface area contributed by atoms with E-state index >= 15 is 0 Å². The van der Waals surface area contributed by atoms with Crippen LogP contribution in [0.5, 0.6) is 0 Å². The molecule has 0 spiro atoms. The highest BCUT2D eigenvalue weighted by molar-refractivity contribution is 7.89. The summed E-state index contributed by atoms with van der Waals surface area (Å²) >= 11 is 0. The zero-order valence-corrected chi connectivity index (χ0v) is 13.0. The number of rotatable bonds is 7. The van der Waals surface area contributed by atoms with Crippen molar-refractivity contribution in [2.24, 2.45) is 5.92 Å². The molecule has 0 bridgehead atoms. The van der Waals surface area contributed by atoms with E-state index in [-0.39, 0.29) is 17.3 Å². The summed E-state index contributed by atoms with van der Waals surface area (Å²) in [6, 6.07) is 5.73. The van der Waals surface area contributed by atoms with Crippen LogP contribution in [0.1, 0.15) is 30.6 Å². The third kappa shape index (κ3) is 5.58. The van der Waals surface area contributed by atoms with Crippen molar-refractivity contribution in [2.75, 3.05) is 13.1 Å². The molecule has 114 valence electrons. The van der Waals surface area contributed by atoms with Crippen molar-refractivity contribution in [1.82, 2.24) is 10.0 Å². The van der Waals surface area contributed by atoms with Gasteiger partial charge in [0, 0.05) is 12.1 Å². The van der Waals surface area contributed by atoms with Gasteiger partial charge in [-0.25, -0.2) is 8.42 Å². The first-order valence-corrected chi connectivity index (χ1v) is 8.16. The van der Waals surface area contributed by atoms with E-state index in [0.29, 0.717) is 18.0 Å². The number of amides is 1. The number of carbonyl (C=O) groups excluding carboxylic acids is 1. The normalized spacial score (nSPS) is 11.1. The molecule has 0 saturated heterocycles. The van der Waals surface area contributed by atoms with E-state index in [1.807, 2.05) is 0 Å². The first-order valence-electron chi connectivity index (χ1n) is 6.68. The number of benzene rings is 1. The van der Waals surface area contributed by atoms with Gasteiger partial charge in [0.15, 0.2) is 0 Å². The van der Waals surface area contributed by atoms with Crippen LogP contribution in [0, 0.1) is 18.3 Å². The molecular weight excluding hydrogens is 288 g/mol. The summed E-state index contributed by atoms with van der Waals surface area (Å²) in [5.41, 5.74) is 0.426. The van der Waals surface area contributed by atoms with E-state index in [1.165, 1.54) is 24.3 Å². The maximum Gasteiger partial charge on any atom is 0.251 e. The molecule has 1 amide bonds. The van der Waals surface area contributed by atoms with Gasteiger partial charge in [0.2, 0.25) is 10.0 Å². The van der Waals surface area contributed by atoms with E-state index in [1.54, 1.807) is 0 Å². The van der Waals surface area contributed by atoms with Crippen LogP contribution in [0.15, 0.2) is 29.2 Å². The summed E-state index contributed by atoms with van der Waals surface area (Å²) in [6.45, 7) is 4.68. The lowest BCUT2D eigenvalue weighted by Gasteiger charge is -2.08. The van der Waals surface area contributed by atoms with Gasteiger partial charge in [-0.05, 0) is 36.6 Å². The van der Waals surface area contributed by atoms with Crippen molar-refractivity contribution in [3.63, 3.8) is 0 Å². The highest BCUT2D eigenvalue weighted by Crippen LogP contribution is 2.10. The second kappa shape index (κ2) is 7.81. The number of terminal acetylenes is 1. The average molecular weight is 308 g/mol. The van der Waals surface area contributed by atoms with Crippen LogP contribution in [0.2, 0.25) is 0 Å². The van der Waals surface area contributed by atoms with Gasteiger partial charge in [0.05, 0.1) is 11.4 Å². The molecule has 0 radical (unpaired) electrons. The van der Waals surface area contributed by atoms with Gasteiger partial charge in [-0.15, -0.1) is 6.42 Å². The Balaban J connectivity index is 2.70. The Bertz CT molecular complexity index is 613. The topological polar surface area (TPSA) is 75.3 Å². The zero-order valence-electron chi connectivity index (χ0n) is 12.2. The van der Waals surface area contributed by atoms with E-state index in [4.69, 9.17) is 6.42 Å². The predicted molar refractivity (Wildman–Crippen MR) is 82.3 cm³/mol. The lowest BCUT2D eigenvalue weighted by atomic mass is 10.1. The predicted octanol–water partition coefficient (Wildman–Crippen LogP) is 1.37. The van der Waals surface area contributed by atoms with Gasteiger partial charge in [-0.2, -0.15) is 4.72 Å². The molecule has 0 aliphatic heterocycles. The molecular formula is C15H20N2O3S. The molecule has 5 nitrogen and oxygen atoms in total. The van der Waals surface area contributed by atoms with Crippen molar-refractivity contribution in [3.8, 4) is 12.3 Å². The van der Waals surface area contributed by atoms with Crippen molar-refractivity contribution >= 4 is 15.9 Å². The lowest BCUT2D eigenvalue weighted by Crippen LogP contribution is -2.26. The number of nitrogens with one attached hydrogen (secondary N) is 2. The largest absolute Gasteiger partial charge is 0.352 e. The summed E-state index contributed by atoms with van der Waals surface area (Å²) in [5.74, 6) is 2.50. The van der Waals surface area contributed by atoms with Gasteiger partial charge in [0.25, 0.3) is 5.91 Å². The number of sulfonamides is 1. The lowest BCUT2D eigenvalue weighted by molar-refractivity contribution is 0.0952. The Morgan fingerprint density at radius 3 is 2.43 bits per heavy atom. The maximum absolute atomic E-state index is 11.9. The highest BCUT2D eigenvalue weighted by Gasteiger charge is 2.13. The van der Waals surface area contributed by atoms with Crippen LogP contribution < -0.4 is 10.0 Å². The van der Waals surface area contributed by atoms with Crippen LogP contribution in [-0.4, -0.2) is 27.4 Å². The standard InChI is InChI=1S/C15H20N2O3S/c1-4-10-17-21(19,20)14-7-5-13(6-8-14)15(18)16-11-9-12(2)3/h1,5-8,12,17H,9-11H2,2-3H3,(H,16,18). The summed E-state index contributed by atoms with van der Waals surface area (Å²) in [7, 11) is -3.62. The summed E-state index contributed by atoms with van der Waals surface area (Å²) < 4.78 is 25.9. The average Bonchev–Trinajstić information content (AvgIpc) is 2.45. The Morgan fingerprint density at radius 2 is 1.90 bits per heavy atom. The van der Waals surface area contributed by atoms with Crippen LogP contribution in [0.3, 0.4) is 0 Å². The van der Waals surface area contributed by atoms with Gasteiger partial charge in [0.1, 0.15) is 0 Å². The monoisotopic (exact) mass is 308 g/mol. The molecule has 0 aliphatic rings. The van der Waals surface area contributed by atoms with Crippen molar-refractivity contribution in [3.05, 3.63) is 29.8 Å². The summed E-state index contributed by atoms with van der Waals surface area (Å²) in [4.78, 5) is 11.9. The molecule has 0 unspecified atom stereocenters. The van der Waals surface area contributed by atoms with Gasteiger partial charge in [-0.3, -0.25) is 4.79 Å². The molecule has 1 rings (SSSR count). The second-order valence-electron chi connectivity index (χ2n) is 4.99. The molecule has 1 aromatic rings.